The molecule has 2 rings (SSSR count). The fourth-order valence-electron chi connectivity index (χ4n) is 3.06. The molecule has 0 aromatic heterocycles. The van der Waals surface area contributed by atoms with Crippen molar-refractivity contribution in [1.29, 1.82) is 5.26 Å². The number of nitrogens with zero attached hydrogens (tertiary/aromatic N) is 1. The highest BCUT2D eigenvalue weighted by molar-refractivity contribution is 5.16. The molecule has 2 aliphatic carbocycles. The predicted molar refractivity (Wildman–Crippen MR) is 66.7 cm³/mol. The predicted octanol–water partition coefficient (Wildman–Crippen LogP) is 4.23. The largest absolute Gasteiger partial charge is 0.198 e. The molecule has 0 spiro atoms. The standard InChI is InChI=1S/C15H21N/c1-15(12-16,13-8-4-2-5-9-13)14-10-6-3-7-11-14/h4,6,8,10,13-14H,2-3,5,7,9,11H2,1H3. The van der Waals surface area contributed by atoms with Crippen LogP contribution in [0.3, 0.4) is 0 Å². The Balaban J connectivity index is 2.20. The van der Waals surface area contributed by atoms with E-state index in [2.05, 4.69) is 37.3 Å². The first-order valence-corrected chi connectivity index (χ1v) is 6.52. The highest BCUT2D eigenvalue weighted by atomic mass is 14.5. The minimum Gasteiger partial charge on any atom is -0.198 e. The van der Waals surface area contributed by atoms with Crippen LogP contribution in [0.1, 0.15) is 45.4 Å². The summed E-state index contributed by atoms with van der Waals surface area (Å²) in [6, 6.07) is 2.62. The summed E-state index contributed by atoms with van der Waals surface area (Å²) in [6.07, 6.45) is 16.3. The molecule has 86 valence electrons. The van der Waals surface area contributed by atoms with Crippen molar-refractivity contribution in [1.82, 2.24) is 0 Å². The van der Waals surface area contributed by atoms with Gasteiger partial charge in [0.2, 0.25) is 0 Å². The van der Waals surface area contributed by atoms with E-state index in [0.717, 1.165) is 0 Å². The number of rotatable bonds is 2. The number of hydrogen-bond donors (Lipinski definition) is 0. The minimum absolute atomic E-state index is 0.187. The second-order valence-corrected chi connectivity index (χ2v) is 5.33. The number of hydrogen-bond acceptors (Lipinski definition) is 1. The molecular formula is C15H21N. The summed E-state index contributed by atoms with van der Waals surface area (Å²) in [5, 5.41) is 9.57. The van der Waals surface area contributed by atoms with Crippen molar-refractivity contribution in [2.75, 3.05) is 0 Å². The van der Waals surface area contributed by atoms with Crippen LogP contribution in [0.15, 0.2) is 24.3 Å². The van der Waals surface area contributed by atoms with Crippen LogP contribution in [0.4, 0.5) is 0 Å². The average molecular weight is 215 g/mol. The molecule has 0 saturated heterocycles. The van der Waals surface area contributed by atoms with E-state index < -0.39 is 0 Å². The molecule has 0 aliphatic heterocycles. The third-order valence-electron chi connectivity index (χ3n) is 4.29. The van der Waals surface area contributed by atoms with E-state index in [0.29, 0.717) is 11.8 Å². The Morgan fingerprint density at radius 3 is 1.88 bits per heavy atom. The molecule has 0 aromatic carbocycles. The maximum Gasteiger partial charge on any atom is 0.0699 e. The van der Waals surface area contributed by atoms with Gasteiger partial charge in [0.15, 0.2) is 0 Å². The van der Waals surface area contributed by atoms with Crippen LogP contribution in [-0.2, 0) is 0 Å². The first-order chi connectivity index (χ1) is 7.77. The molecular weight excluding hydrogens is 194 g/mol. The third-order valence-corrected chi connectivity index (χ3v) is 4.29. The van der Waals surface area contributed by atoms with Gasteiger partial charge in [0, 0.05) is 0 Å². The molecule has 0 radical (unpaired) electrons. The van der Waals surface area contributed by atoms with Gasteiger partial charge in [0.1, 0.15) is 0 Å². The van der Waals surface area contributed by atoms with E-state index in [1.54, 1.807) is 0 Å². The van der Waals surface area contributed by atoms with Crippen LogP contribution in [-0.4, -0.2) is 0 Å². The van der Waals surface area contributed by atoms with Crippen LogP contribution < -0.4 is 0 Å². The smallest absolute Gasteiger partial charge is 0.0699 e. The van der Waals surface area contributed by atoms with Crippen LogP contribution in [0.25, 0.3) is 0 Å². The molecule has 0 aromatic rings. The zero-order valence-corrected chi connectivity index (χ0v) is 10.2. The van der Waals surface area contributed by atoms with Crippen molar-refractivity contribution in [3.05, 3.63) is 24.3 Å². The van der Waals surface area contributed by atoms with E-state index in [9.17, 15) is 5.26 Å². The first kappa shape index (κ1) is 11.5. The van der Waals surface area contributed by atoms with Crippen LogP contribution in [0, 0.1) is 28.6 Å². The quantitative estimate of drug-likeness (QED) is 0.632. The molecule has 0 amide bonds. The lowest BCUT2D eigenvalue weighted by molar-refractivity contribution is 0.200. The Labute approximate surface area is 98.9 Å². The summed E-state index contributed by atoms with van der Waals surface area (Å²) in [7, 11) is 0. The maximum absolute atomic E-state index is 9.57. The monoisotopic (exact) mass is 215 g/mol. The summed E-state index contributed by atoms with van der Waals surface area (Å²) in [6.45, 7) is 2.16. The fraction of sp³-hybridized carbons (Fsp3) is 0.667. The van der Waals surface area contributed by atoms with Gasteiger partial charge < -0.3 is 0 Å². The molecule has 1 nitrogen and oxygen atoms in total. The highest BCUT2D eigenvalue weighted by Crippen LogP contribution is 2.44. The van der Waals surface area contributed by atoms with Crippen LogP contribution in [0.5, 0.6) is 0 Å². The Hall–Kier alpha value is -1.03. The van der Waals surface area contributed by atoms with Crippen molar-refractivity contribution in [2.45, 2.75) is 45.4 Å². The maximum atomic E-state index is 9.57. The van der Waals surface area contributed by atoms with Gasteiger partial charge in [-0.15, -0.1) is 0 Å². The van der Waals surface area contributed by atoms with Crippen molar-refractivity contribution in [3.8, 4) is 6.07 Å². The zero-order valence-electron chi connectivity index (χ0n) is 10.2. The molecule has 2 unspecified atom stereocenters. The Morgan fingerprint density at radius 1 is 1.06 bits per heavy atom. The second-order valence-electron chi connectivity index (χ2n) is 5.33. The van der Waals surface area contributed by atoms with E-state index in [1.807, 2.05) is 0 Å². The lowest BCUT2D eigenvalue weighted by Gasteiger charge is -2.38. The van der Waals surface area contributed by atoms with Gasteiger partial charge in [-0.05, 0) is 57.3 Å². The van der Waals surface area contributed by atoms with E-state index in [-0.39, 0.29) is 5.41 Å². The Morgan fingerprint density at radius 2 is 1.56 bits per heavy atom. The third kappa shape index (κ3) is 2.07. The van der Waals surface area contributed by atoms with Crippen LogP contribution >= 0.6 is 0 Å². The molecule has 0 bridgehead atoms. The van der Waals surface area contributed by atoms with Gasteiger partial charge in [-0.1, -0.05) is 24.3 Å². The van der Waals surface area contributed by atoms with Crippen molar-refractivity contribution in [2.24, 2.45) is 17.3 Å². The van der Waals surface area contributed by atoms with Crippen LogP contribution in [0.2, 0.25) is 0 Å². The lowest BCUT2D eigenvalue weighted by atomic mass is 9.64. The van der Waals surface area contributed by atoms with Gasteiger partial charge in [-0.3, -0.25) is 0 Å². The topological polar surface area (TPSA) is 23.8 Å². The van der Waals surface area contributed by atoms with E-state index in [1.165, 1.54) is 38.5 Å². The fourth-order valence-corrected chi connectivity index (χ4v) is 3.06. The zero-order chi connectivity index (χ0) is 11.4. The molecule has 2 aliphatic rings. The lowest BCUT2D eigenvalue weighted by Crippen LogP contribution is -2.33. The highest BCUT2D eigenvalue weighted by Gasteiger charge is 2.39. The summed E-state index contributed by atoms with van der Waals surface area (Å²) < 4.78 is 0. The van der Waals surface area contributed by atoms with Crippen molar-refractivity contribution < 1.29 is 0 Å². The molecule has 0 heterocycles. The molecule has 2 atom stereocenters. The van der Waals surface area contributed by atoms with Gasteiger partial charge in [-0.2, -0.15) is 5.26 Å². The van der Waals surface area contributed by atoms with Gasteiger partial charge in [0.25, 0.3) is 0 Å². The minimum atomic E-state index is -0.187. The number of allylic oxidation sites excluding steroid dienone is 4. The summed E-state index contributed by atoms with van der Waals surface area (Å²) >= 11 is 0. The molecule has 16 heavy (non-hydrogen) atoms. The Bertz CT molecular complexity index is 308. The summed E-state index contributed by atoms with van der Waals surface area (Å²) in [4.78, 5) is 0. The van der Waals surface area contributed by atoms with Gasteiger partial charge in [0.05, 0.1) is 11.5 Å². The Kier molecular flexibility index (Phi) is 3.49. The molecule has 0 saturated carbocycles. The van der Waals surface area contributed by atoms with E-state index in [4.69, 9.17) is 0 Å². The number of nitriles is 1. The SMILES string of the molecule is CC(C#N)(C1C=CCCC1)C1C=CCCC1. The second kappa shape index (κ2) is 4.87. The summed E-state index contributed by atoms with van der Waals surface area (Å²) in [5.74, 6) is 0.915. The first-order valence-electron chi connectivity index (χ1n) is 6.52. The van der Waals surface area contributed by atoms with Crippen molar-refractivity contribution >= 4 is 0 Å². The molecule has 0 fully saturated rings. The molecule has 0 N–H and O–H groups in total. The van der Waals surface area contributed by atoms with Gasteiger partial charge >= 0.3 is 0 Å². The van der Waals surface area contributed by atoms with E-state index >= 15 is 0 Å². The summed E-state index contributed by atoms with van der Waals surface area (Å²) in [5.41, 5.74) is -0.187. The molecule has 1 heteroatoms. The average Bonchev–Trinajstić information content (AvgIpc) is 2.40. The van der Waals surface area contributed by atoms with Gasteiger partial charge in [-0.25, -0.2) is 0 Å². The van der Waals surface area contributed by atoms with Crippen molar-refractivity contribution in [3.63, 3.8) is 0 Å². The normalized spacial score (nSPS) is 33.0.